The van der Waals surface area contributed by atoms with Gasteiger partial charge in [0.05, 0.1) is 5.69 Å². The van der Waals surface area contributed by atoms with Crippen LogP contribution in [-0.4, -0.2) is 34.0 Å². The highest BCUT2D eigenvalue weighted by atomic mass is 15.3. The van der Waals surface area contributed by atoms with Gasteiger partial charge in [-0.15, -0.1) is 0 Å². The van der Waals surface area contributed by atoms with Gasteiger partial charge in [0.25, 0.3) is 0 Å². The number of hydrogen-bond acceptors (Lipinski definition) is 4. The Morgan fingerprint density at radius 1 is 1.12 bits per heavy atom. The maximum atomic E-state index is 4.84. The van der Waals surface area contributed by atoms with E-state index in [-0.39, 0.29) is 0 Å². The third-order valence-electron chi connectivity index (χ3n) is 4.51. The van der Waals surface area contributed by atoms with Crippen molar-refractivity contribution in [2.45, 2.75) is 13.3 Å². The largest absolute Gasteiger partial charge is 0.370 e. The minimum atomic E-state index is 0.803. The zero-order valence-corrected chi connectivity index (χ0v) is 15.0. The second-order valence-corrected chi connectivity index (χ2v) is 6.44. The summed E-state index contributed by atoms with van der Waals surface area (Å²) >= 11 is 0. The van der Waals surface area contributed by atoms with E-state index in [2.05, 4.69) is 52.7 Å². The number of fused-ring (bicyclic) bond motifs is 1. The van der Waals surface area contributed by atoms with Gasteiger partial charge in [0.2, 0.25) is 0 Å². The van der Waals surface area contributed by atoms with Gasteiger partial charge in [-0.25, -0.2) is 4.98 Å². The molecule has 0 aliphatic carbocycles. The Labute approximate surface area is 153 Å². The van der Waals surface area contributed by atoms with E-state index in [9.17, 15) is 0 Å². The molecule has 0 bridgehead atoms. The van der Waals surface area contributed by atoms with Crippen LogP contribution in [0.15, 0.2) is 61.1 Å². The van der Waals surface area contributed by atoms with E-state index >= 15 is 0 Å². The molecule has 128 valence electrons. The van der Waals surface area contributed by atoms with Crippen LogP contribution in [-0.2, 0) is 6.42 Å². The van der Waals surface area contributed by atoms with Gasteiger partial charge in [-0.2, -0.15) is 9.61 Å². The van der Waals surface area contributed by atoms with Crippen LogP contribution in [0.4, 0.5) is 5.82 Å². The number of pyridine rings is 1. The van der Waals surface area contributed by atoms with Crippen molar-refractivity contribution in [3.8, 4) is 11.3 Å². The maximum Gasteiger partial charge on any atom is 0.151 e. The highest BCUT2D eigenvalue weighted by Gasteiger charge is 2.11. The standard InChI is InChI=1S/C20H20BN5/c1-14-5-2-3-7-16(14)18-11-19(26-20(25-18)17(21)13-24-26)23-10-8-15-6-4-9-22-12-15/h2-7,9,11-13,23H,8,10,21H2,1H3. The van der Waals surface area contributed by atoms with E-state index in [1.165, 1.54) is 11.1 Å². The highest BCUT2D eigenvalue weighted by molar-refractivity contribution is 6.36. The average Bonchev–Trinajstić information content (AvgIpc) is 3.04. The third kappa shape index (κ3) is 3.18. The summed E-state index contributed by atoms with van der Waals surface area (Å²) in [6.07, 6.45) is 6.46. The molecule has 0 aliphatic rings. The minimum Gasteiger partial charge on any atom is -0.370 e. The number of aryl methyl sites for hydroxylation is 1. The maximum absolute atomic E-state index is 4.84. The SMILES string of the molecule is Bc1cnn2c(NCCc3cccnc3)cc(-c3ccccc3C)nc12. The second kappa shape index (κ2) is 7.00. The number of hydrogen-bond donors (Lipinski definition) is 1. The van der Waals surface area contributed by atoms with Crippen LogP contribution in [0, 0.1) is 6.92 Å². The molecular formula is C20H20BN5. The Morgan fingerprint density at radius 3 is 2.81 bits per heavy atom. The summed E-state index contributed by atoms with van der Waals surface area (Å²) in [5.41, 5.74) is 6.48. The summed E-state index contributed by atoms with van der Waals surface area (Å²) in [7, 11) is 2.04. The van der Waals surface area contributed by atoms with Crippen molar-refractivity contribution in [1.29, 1.82) is 0 Å². The van der Waals surface area contributed by atoms with Crippen LogP contribution < -0.4 is 10.8 Å². The van der Waals surface area contributed by atoms with Gasteiger partial charge in [-0.3, -0.25) is 4.98 Å². The van der Waals surface area contributed by atoms with Gasteiger partial charge in [-0.1, -0.05) is 30.3 Å². The lowest BCUT2D eigenvalue weighted by molar-refractivity contribution is 0.912. The van der Waals surface area contributed by atoms with Crippen molar-refractivity contribution >= 4 is 24.8 Å². The molecule has 0 aliphatic heterocycles. The van der Waals surface area contributed by atoms with Crippen LogP contribution in [0.25, 0.3) is 16.9 Å². The number of anilines is 1. The molecule has 4 rings (SSSR count). The molecular weight excluding hydrogens is 321 g/mol. The fourth-order valence-corrected chi connectivity index (χ4v) is 3.08. The first-order valence-corrected chi connectivity index (χ1v) is 8.76. The number of aromatic nitrogens is 4. The Hall–Kier alpha value is -3.15. The molecule has 0 radical (unpaired) electrons. The highest BCUT2D eigenvalue weighted by Crippen LogP contribution is 2.24. The van der Waals surface area contributed by atoms with Gasteiger partial charge >= 0.3 is 0 Å². The van der Waals surface area contributed by atoms with Crippen LogP contribution in [0.2, 0.25) is 0 Å². The molecule has 0 saturated carbocycles. The minimum absolute atomic E-state index is 0.803. The zero-order chi connectivity index (χ0) is 17.9. The van der Waals surface area contributed by atoms with Crippen LogP contribution in [0.5, 0.6) is 0 Å². The number of nitrogens with one attached hydrogen (secondary N) is 1. The van der Waals surface area contributed by atoms with Crippen LogP contribution >= 0.6 is 0 Å². The first-order chi connectivity index (χ1) is 12.7. The smallest absolute Gasteiger partial charge is 0.151 e. The molecule has 6 heteroatoms. The normalized spacial score (nSPS) is 11.0. The molecule has 3 heterocycles. The fourth-order valence-electron chi connectivity index (χ4n) is 3.08. The molecule has 0 amide bonds. The van der Waals surface area contributed by atoms with Gasteiger partial charge in [0.1, 0.15) is 13.7 Å². The predicted octanol–water partition coefficient (Wildman–Crippen LogP) is 2.01. The molecule has 0 fully saturated rings. The van der Waals surface area contributed by atoms with Crippen LogP contribution in [0.1, 0.15) is 11.1 Å². The monoisotopic (exact) mass is 341 g/mol. The van der Waals surface area contributed by atoms with E-state index in [1.807, 2.05) is 36.9 Å². The lowest BCUT2D eigenvalue weighted by Gasteiger charge is -2.12. The van der Waals surface area contributed by atoms with E-state index in [1.54, 1.807) is 6.20 Å². The van der Waals surface area contributed by atoms with Gasteiger partial charge < -0.3 is 5.32 Å². The van der Waals surface area contributed by atoms with E-state index in [0.29, 0.717) is 0 Å². The average molecular weight is 341 g/mol. The van der Waals surface area contributed by atoms with Crippen molar-refractivity contribution in [2.24, 2.45) is 0 Å². The summed E-state index contributed by atoms with van der Waals surface area (Å²) in [5, 5.41) is 7.99. The lowest BCUT2D eigenvalue weighted by Crippen LogP contribution is -2.12. The molecule has 0 spiro atoms. The van der Waals surface area contributed by atoms with Gasteiger partial charge in [0.15, 0.2) is 5.65 Å². The summed E-state index contributed by atoms with van der Waals surface area (Å²) in [4.78, 5) is 9.01. The number of nitrogens with zero attached hydrogens (tertiary/aromatic N) is 4. The van der Waals surface area contributed by atoms with E-state index in [0.717, 1.165) is 41.2 Å². The Bertz CT molecular complexity index is 1040. The molecule has 5 nitrogen and oxygen atoms in total. The van der Waals surface area contributed by atoms with Crippen molar-refractivity contribution in [1.82, 2.24) is 19.6 Å². The predicted molar refractivity (Wildman–Crippen MR) is 108 cm³/mol. The molecule has 1 aromatic carbocycles. The third-order valence-corrected chi connectivity index (χ3v) is 4.51. The molecule has 4 aromatic rings. The summed E-state index contributed by atoms with van der Waals surface area (Å²) < 4.78 is 1.88. The van der Waals surface area contributed by atoms with Crippen molar-refractivity contribution in [3.63, 3.8) is 0 Å². The van der Waals surface area contributed by atoms with E-state index < -0.39 is 0 Å². The molecule has 1 N–H and O–H groups in total. The van der Waals surface area contributed by atoms with Gasteiger partial charge in [0, 0.05) is 36.8 Å². The molecule has 0 unspecified atom stereocenters. The summed E-state index contributed by atoms with van der Waals surface area (Å²) in [5.74, 6) is 0.949. The second-order valence-electron chi connectivity index (χ2n) is 6.44. The van der Waals surface area contributed by atoms with Crippen molar-refractivity contribution < 1.29 is 0 Å². The Balaban J connectivity index is 1.68. The quantitative estimate of drug-likeness (QED) is 0.564. The number of rotatable bonds is 5. The van der Waals surface area contributed by atoms with Gasteiger partial charge in [-0.05, 0) is 36.0 Å². The van der Waals surface area contributed by atoms with Crippen molar-refractivity contribution in [3.05, 3.63) is 72.2 Å². The first kappa shape index (κ1) is 16.3. The number of benzene rings is 1. The first-order valence-electron chi connectivity index (χ1n) is 8.76. The fraction of sp³-hybridized carbons (Fsp3) is 0.150. The Morgan fingerprint density at radius 2 is 2.00 bits per heavy atom. The Kier molecular flexibility index (Phi) is 4.40. The molecule has 0 atom stereocenters. The summed E-state index contributed by atoms with van der Waals surface area (Å²) in [6, 6.07) is 14.5. The molecule has 26 heavy (non-hydrogen) atoms. The zero-order valence-electron chi connectivity index (χ0n) is 15.0. The molecule has 3 aromatic heterocycles. The molecule has 0 saturated heterocycles. The van der Waals surface area contributed by atoms with Crippen LogP contribution in [0.3, 0.4) is 0 Å². The topological polar surface area (TPSA) is 55.1 Å². The summed E-state index contributed by atoms with van der Waals surface area (Å²) in [6.45, 7) is 2.91. The lowest BCUT2D eigenvalue weighted by atomic mass is 10.00. The van der Waals surface area contributed by atoms with Crippen molar-refractivity contribution in [2.75, 3.05) is 11.9 Å². The van der Waals surface area contributed by atoms with E-state index in [4.69, 9.17) is 4.98 Å².